The fraction of sp³-hybridized carbons (Fsp3) is 0.182. The Labute approximate surface area is 144 Å². The highest BCUT2D eigenvalue weighted by molar-refractivity contribution is 5.93. The Balaban J connectivity index is 2.71. The molecule has 0 aromatic heterocycles. The molecule has 2 aromatic carbocycles. The summed E-state index contributed by atoms with van der Waals surface area (Å²) in [7, 11) is 0. The summed E-state index contributed by atoms with van der Waals surface area (Å²) >= 11 is 0. The fourth-order valence-electron chi connectivity index (χ4n) is 2.79. The molecular formula is C22H24O2. The van der Waals surface area contributed by atoms with E-state index >= 15 is 0 Å². The number of rotatable bonds is 10. The predicted molar refractivity (Wildman–Crippen MR) is 103 cm³/mol. The normalized spacial score (nSPS) is 10.2. The Morgan fingerprint density at radius 2 is 1.12 bits per heavy atom. The van der Waals surface area contributed by atoms with E-state index in [-0.39, 0.29) is 0 Å². The van der Waals surface area contributed by atoms with E-state index in [1.165, 1.54) is 0 Å². The van der Waals surface area contributed by atoms with Crippen LogP contribution in [0.25, 0.3) is 10.8 Å². The molecule has 0 bridgehead atoms. The van der Waals surface area contributed by atoms with Crippen LogP contribution in [0.4, 0.5) is 0 Å². The van der Waals surface area contributed by atoms with Gasteiger partial charge in [-0.25, -0.2) is 0 Å². The van der Waals surface area contributed by atoms with E-state index in [2.05, 4.69) is 38.4 Å². The van der Waals surface area contributed by atoms with Crippen LogP contribution < -0.4 is 9.47 Å². The van der Waals surface area contributed by atoms with E-state index in [4.69, 9.17) is 9.47 Å². The molecule has 0 saturated heterocycles. The SMILES string of the molecule is C=CCOc1ccc2ccc(OCC=C)c(CC=C)c2c1CC=C. The molecule has 2 aromatic rings. The molecule has 2 heteroatoms. The van der Waals surface area contributed by atoms with Crippen molar-refractivity contribution in [2.75, 3.05) is 13.2 Å². The van der Waals surface area contributed by atoms with Crippen molar-refractivity contribution in [2.24, 2.45) is 0 Å². The Morgan fingerprint density at radius 3 is 1.50 bits per heavy atom. The molecular weight excluding hydrogens is 296 g/mol. The van der Waals surface area contributed by atoms with E-state index in [1.807, 2.05) is 24.3 Å². The first-order valence-corrected chi connectivity index (χ1v) is 8.03. The number of ether oxygens (including phenoxy) is 2. The Hall–Kier alpha value is -2.74. The lowest BCUT2D eigenvalue weighted by molar-refractivity contribution is 0.359. The highest BCUT2D eigenvalue weighted by Crippen LogP contribution is 2.36. The van der Waals surface area contributed by atoms with Gasteiger partial charge in [0, 0.05) is 11.1 Å². The number of fused-ring (bicyclic) bond motifs is 1. The second-order valence-electron chi connectivity index (χ2n) is 5.37. The van der Waals surface area contributed by atoms with Crippen LogP contribution in [-0.2, 0) is 12.8 Å². The third-order valence-electron chi connectivity index (χ3n) is 3.73. The molecule has 124 valence electrons. The summed E-state index contributed by atoms with van der Waals surface area (Å²) in [5.41, 5.74) is 2.23. The largest absolute Gasteiger partial charge is 0.489 e. The second-order valence-corrected chi connectivity index (χ2v) is 5.37. The van der Waals surface area contributed by atoms with Crippen molar-refractivity contribution < 1.29 is 9.47 Å². The van der Waals surface area contributed by atoms with Crippen molar-refractivity contribution in [3.05, 3.63) is 86.0 Å². The van der Waals surface area contributed by atoms with Crippen LogP contribution in [0, 0.1) is 0 Å². The van der Waals surface area contributed by atoms with Gasteiger partial charge in [-0.1, -0.05) is 49.6 Å². The average molecular weight is 320 g/mol. The van der Waals surface area contributed by atoms with Gasteiger partial charge >= 0.3 is 0 Å². The predicted octanol–water partition coefficient (Wildman–Crippen LogP) is 5.43. The van der Waals surface area contributed by atoms with Crippen molar-refractivity contribution in [1.29, 1.82) is 0 Å². The van der Waals surface area contributed by atoms with Gasteiger partial charge in [0.25, 0.3) is 0 Å². The quantitative estimate of drug-likeness (QED) is 0.544. The molecule has 2 rings (SSSR count). The van der Waals surface area contributed by atoms with E-state index in [1.54, 1.807) is 12.2 Å². The summed E-state index contributed by atoms with van der Waals surface area (Å²) in [4.78, 5) is 0. The average Bonchev–Trinajstić information content (AvgIpc) is 2.60. The van der Waals surface area contributed by atoms with E-state index < -0.39 is 0 Å². The minimum atomic E-state index is 0.471. The molecule has 0 aliphatic carbocycles. The zero-order valence-electron chi connectivity index (χ0n) is 14.1. The van der Waals surface area contributed by atoms with Gasteiger partial charge in [0.05, 0.1) is 0 Å². The molecule has 0 saturated carbocycles. The molecule has 0 atom stereocenters. The van der Waals surface area contributed by atoms with Gasteiger partial charge < -0.3 is 9.47 Å². The molecule has 0 spiro atoms. The maximum Gasteiger partial charge on any atom is 0.123 e. The van der Waals surface area contributed by atoms with Gasteiger partial charge in [0.15, 0.2) is 0 Å². The molecule has 0 fully saturated rings. The van der Waals surface area contributed by atoms with Gasteiger partial charge in [-0.05, 0) is 35.7 Å². The number of hydrogen-bond donors (Lipinski definition) is 0. The van der Waals surface area contributed by atoms with Crippen molar-refractivity contribution in [3.8, 4) is 11.5 Å². The van der Waals surface area contributed by atoms with Gasteiger partial charge in [-0.3, -0.25) is 0 Å². The van der Waals surface area contributed by atoms with Gasteiger partial charge in [-0.2, -0.15) is 0 Å². The van der Waals surface area contributed by atoms with Crippen LogP contribution in [0.2, 0.25) is 0 Å². The topological polar surface area (TPSA) is 18.5 Å². The zero-order valence-corrected chi connectivity index (χ0v) is 14.1. The Morgan fingerprint density at radius 1 is 0.667 bits per heavy atom. The summed E-state index contributed by atoms with van der Waals surface area (Å²) in [6, 6.07) is 8.16. The van der Waals surface area contributed by atoms with Crippen molar-refractivity contribution in [3.63, 3.8) is 0 Å². The summed E-state index contributed by atoms with van der Waals surface area (Å²) in [5.74, 6) is 1.71. The van der Waals surface area contributed by atoms with Crippen LogP contribution in [0.1, 0.15) is 11.1 Å². The summed E-state index contributed by atoms with van der Waals surface area (Å²) in [6.45, 7) is 16.2. The highest BCUT2D eigenvalue weighted by Gasteiger charge is 2.15. The van der Waals surface area contributed by atoms with Crippen LogP contribution in [0.3, 0.4) is 0 Å². The second kappa shape index (κ2) is 8.78. The van der Waals surface area contributed by atoms with Gasteiger partial charge in [0.2, 0.25) is 0 Å². The van der Waals surface area contributed by atoms with Crippen molar-refractivity contribution in [2.45, 2.75) is 12.8 Å². The van der Waals surface area contributed by atoms with Crippen LogP contribution in [0.5, 0.6) is 11.5 Å². The minimum Gasteiger partial charge on any atom is -0.489 e. The molecule has 0 heterocycles. The molecule has 0 amide bonds. The Bertz CT molecular complexity index is 695. The maximum absolute atomic E-state index is 5.85. The van der Waals surface area contributed by atoms with Gasteiger partial charge in [0.1, 0.15) is 24.7 Å². The summed E-state index contributed by atoms with van der Waals surface area (Å²) in [5, 5.41) is 2.30. The van der Waals surface area contributed by atoms with E-state index in [0.29, 0.717) is 13.2 Å². The number of hydrogen-bond acceptors (Lipinski definition) is 2. The molecule has 2 nitrogen and oxygen atoms in total. The minimum absolute atomic E-state index is 0.471. The lowest BCUT2D eigenvalue weighted by Gasteiger charge is -2.18. The van der Waals surface area contributed by atoms with Crippen LogP contribution >= 0.6 is 0 Å². The smallest absolute Gasteiger partial charge is 0.123 e. The molecule has 0 radical (unpaired) electrons. The maximum atomic E-state index is 5.85. The highest BCUT2D eigenvalue weighted by atomic mass is 16.5. The summed E-state index contributed by atoms with van der Waals surface area (Å²) in [6.07, 6.45) is 8.72. The van der Waals surface area contributed by atoms with Crippen LogP contribution in [-0.4, -0.2) is 13.2 Å². The first-order chi connectivity index (χ1) is 11.8. The van der Waals surface area contributed by atoms with E-state index in [9.17, 15) is 0 Å². The first kappa shape index (κ1) is 17.6. The van der Waals surface area contributed by atoms with Gasteiger partial charge in [-0.15, -0.1) is 13.2 Å². The number of allylic oxidation sites excluding steroid dienone is 2. The molecule has 0 unspecified atom stereocenters. The molecule has 24 heavy (non-hydrogen) atoms. The Kier molecular flexibility index (Phi) is 6.44. The monoisotopic (exact) mass is 320 g/mol. The summed E-state index contributed by atoms with van der Waals surface area (Å²) < 4.78 is 11.7. The zero-order chi connectivity index (χ0) is 17.4. The lowest BCUT2D eigenvalue weighted by Crippen LogP contribution is -2.02. The number of benzene rings is 2. The van der Waals surface area contributed by atoms with Crippen molar-refractivity contribution >= 4 is 10.8 Å². The molecule has 0 aliphatic heterocycles. The first-order valence-electron chi connectivity index (χ1n) is 8.03. The third-order valence-corrected chi connectivity index (χ3v) is 3.73. The molecule has 0 N–H and O–H groups in total. The lowest BCUT2D eigenvalue weighted by atomic mass is 9.94. The van der Waals surface area contributed by atoms with E-state index in [0.717, 1.165) is 46.2 Å². The van der Waals surface area contributed by atoms with Crippen LogP contribution in [0.15, 0.2) is 74.9 Å². The molecule has 0 aliphatic rings. The fourth-order valence-corrected chi connectivity index (χ4v) is 2.79. The van der Waals surface area contributed by atoms with Crippen molar-refractivity contribution in [1.82, 2.24) is 0 Å². The standard InChI is InChI=1S/C22H24O2/c1-5-9-18-20(23-15-7-3)13-11-17-12-14-21(24-16-8-4)19(10-6-2)22(17)18/h5-8,11-14H,1-4,9-10,15-16H2. The third kappa shape index (κ3) is 3.77.